The van der Waals surface area contributed by atoms with E-state index in [1.165, 1.54) is 0 Å². The van der Waals surface area contributed by atoms with E-state index in [1.54, 1.807) is 24.1 Å². The molecule has 1 atom stereocenters. The van der Waals surface area contributed by atoms with Crippen molar-refractivity contribution >= 4 is 17.5 Å². The number of amides is 2. The number of methoxy groups -OCH3 is 2. The van der Waals surface area contributed by atoms with Gasteiger partial charge in [0.2, 0.25) is 5.91 Å². The number of hydrogen-bond donors (Lipinski definition) is 0. The largest absolute Gasteiger partial charge is 0.497 e. The average Bonchev–Trinajstić information content (AvgIpc) is 3.56. The number of hydrogen-bond acceptors (Lipinski definition) is 7. The second kappa shape index (κ2) is 12.2. The molecule has 1 aromatic carbocycles. The molecule has 0 spiro atoms. The smallest absolute Gasteiger partial charge is 0.262 e. The van der Waals surface area contributed by atoms with Gasteiger partial charge in [-0.3, -0.25) is 14.5 Å². The summed E-state index contributed by atoms with van der Waals surface area (Å²) in [5.41, 5.74) is 2.59. The quantitative estimate of drug-likeness (QED) is 0.463. The molecule has 10 heteroatoms. The topological polar surface area (TPSA) is 88.8 Å². The first-order valence-corrected chi connectivity index (χ1v) is 13.8. The number of hydrazone groups is 1. The number of ether oxygens (including phenoxy) is 3. The van der Waals surface area contributed by atoms with Crippen molar-refractivity contribution in [3.63, 3.8) is 0 Å². The molecule has 0 N–H and O–H groups in total. The van der Waals surface area contributed by atoms with Crippen molar-refractivity contribution in [3.05, 3.63) is 47.8 Å². The maximum Gasteiger partial charge on any atom is 0.262 e. The van der Waals surface area contributed by atoms with Crippen molar-refractivity contribution in [3.8, 4) is 11.5 Å². The number of aromatic nitrogens is 1. The average molecular weight is 538 g/mol. The molecule has 2 fully saturated rings. The van der Waals surface area contributed by atoms with Crippen LogP contribution in [0.3, 0.4) is 0 Å². The molecule has 1 saturated carbocycles. The minimum absolute atomic E-state index is 0.00757. The number of benzene rings is 1. The normalized spacial score (nSPS) is 19.9. The molecule has 10 nitrogen and oxygen atoms in total. The van der Waals surface area contributed by atoms with Crippen LogP contribution in [0.1, 0.15) is 43.0 Å². The van der Waals surface area contributed by atoms with Gasteiger partial charge in [-0.15, -0.1) is 0 Å². The summed E-state index contributed by atoms with van der Waals surface area (Å²) in [5, 5.41) is 6.39. The van der Waals surface area contributed by atoms with Gasteiger partial charge in [-0.05, 0) is 43.2 Å². The van der Waals surface area contributed by atoms with Crippen molar-refractivity contribution < 1.29 is 23.8 Å². The molecule has 0 bridgehead atoms. The van der Waals surface area contributed by atoms with Crippen molar-refractivity contribution in [2.24, 2.45) is 18.1 Å². The Labute approximate surface area is 230 Å². The molecule has 3 heterocycles. The van der Waals surface area contributed by atoms with Crippen LogP contribution < -0.4 is 9.47 Å². The predicted octanol–water partition coefficient (Wildman–Crippen LogP) is 2.68. The first kappa shape index (κ1) is 27.2. The minimum Gasteiger partial charge on any atom is -0.497 e. The third kappa shape index (κ3) is 5.96. The fourth-order valence-corrected chi connectivity index (χ4v) is 5.50. The molecule has 210 valence electrons. The monoisotopic (exact) mass is 537 g/mol. The SMILES string of the molecule is COc1ccc(OC)c([C@@H]2CC(c3cccn3C)=NN2C(=O)CN(CCN2CCOCC2)C(=O)C2CCC2)c1. The van der Waals surface area contributed by atoms with Gasteiger partial charge >= 0.3 is 0 Å². The summed E-state index contributed by atoms with van der Waals surface area (Å²) >= 11 is 0. The molecule has 0 unspecified atom stereocenters. The van der Waals surface area contributed by atoms with Crippen LogP contribution in [0, 0.1) is 5.92 Å². The third-order valence-corrected chi connectivity index (χ3v) is 8.08. The molecule has 2 aromatic rings. The van der Waals surface area contributed by atoms with E-state index < -0.39 is 0 Å². The van der Waals surface area contributed by atoms with Crippen LogP contribution in [0.25, 0.3) is 0 Å². The summed E-state index contributed by atoms with van der Waals surface area (Å²) in [6, 6.07) is 9.19. The molecular weight excluding hydrogens is 498 g/mol. The number of morpholine rings is 1. The number of carbonyl (C=O) groups is 2. The van der Waals surface area contributed by atoms with Gasteiger partial charge in [-0.25, -0.2) is 5.01 Å². The summed E-state index contributed by atoms with van der Waals surface area (Å²) in [7, 11) is 5.21. The molecule has 39 heavy (non-hydrogen) atoms. The van der Waals surface area contributed by atoms with E-state index >= 15 is 0 Å². The number of rotatable bonds is 10. The lowest BCUT2D eigenvalue weighted by atomic mass is 9.84. The second-order valence-corrected chi connectivity index (χ2v) is 10.5. The molecule has 1 saturated heterocycles. The van der Waals surface area contributed by atoms with Gasteiger partial charge in [-0.2, -0.15) is 5.10 Å². The summed E-state index contributed by atoms with van der Waals surface area (Å²) in [5.74, 6) is 1.22. The Morgan fingerprint density at radius 2 is 1.92 bits per heavy atom. The van der Waals surface area contributed by atoms with Crippen LogP contribution in [-0.2, 0) is 21.4 Å². The highest BCUT2D eigenvalue weighted by atomic mass is 16.5. The Balaban J connectivity index is 1.41. The van der Waals surface area contributed by atoms with Crippen molar-refractivity contribution in [1.82, 2.24) is 19.4 Å². The zero-order chi connectivity index (χ0) is 27.4. The lowest BCUT2D eigenvalue weighted by Crippen LogP contribution is -2.49. The molecule has 1 aromatic heterocycles. The highest BCUT2D eigenvalue weighted by Crippen LogP contribution is 2.39. The number of nitrogens with zero attached hydrogens (tertiary/aromatic N) is 5. The summed E-state index contributed by atoms with van der Waals surface area (Å²) in [6.07, 6.45) is 5.34. The van der Waals surface area contributed by atoms with Gasteiger partial charge in [0.1, 0.15) is 18.0 Å². The van der Waals surface area contributed by atoms with Crippen LogP contribution in [-0.4, -0.2) is 97.1 Å². The first-order chi connectivity index (χ1) is 19.0. The zero-order valence-electron chi connectivity index (χ0n) is 23.2. The van der Waals surface area contributed by atoms with E-state index in [-0.39, 0.29) is 30.3 Å². The lowest BCUT2D eigenvalue weighted by molar-refractivity contribution is -0.145. The molecule has 1 aliphatic carbocycles. The Morgan fingerprint density at radius 3 is 2.56 bits per heavy atom. The molecular formula is C29H39N5O5. The van der Waals surface area contributed by atoms with Gasteiger partial charge < -0.3 is 23.7 Å². The van der Waals surface area contributed by atoms with Crippen molar-refractivity contribution in [2.45, 2.75) is 31.7 Å². The van der Waals surface area contributed by atoms with Gasteiger partial charge in [0.25, 0.3) is 5.91 Å². The first-order valence-electron chi connectivity index (χ1n) is 13.8. The Morgan fingerprint density at radius 1 is 1.13 bits per heavy atom. The molecule has 3 aliphatic rings. The standard InChI is InChI=1S/C29H39N5O5/c1-31-11-5-8-25(31)24-19-26(23-18-22(37-2)9-10-27(23)38-3)34(30-24)28(35)20-33(29(36)21-6-4-7-21)13-12-32-14-16-39-17-15-32/h5,8-11,18,21,26H,4,6-7,12-17,19-20H2,1-3H3/t26-/m0/s1. The van der Waals surface area contributed by atoms with Crippen LogP contribution in [0.5, 0.6) is 11.5 Å². The summed E-state index contributed by atoms with van der Waals surface area (Å²) < 4.78 is 18.6. The van der Waals surface area contributed by atoms with E-state index in [0.29, 0.717) is 37.7 Å². The predicted molar refractivity (Wildman–Crippen MR) is 147 cm³/mol. The Bertz CT molecular complexity index is 1200. The van der Waals surface area contributed by atoms with Crippen LogP contribution in [0.2, 0.25) is 0 Å². The lowest BCUT2D eigenvalue weighted by Gasteiger charge is -2.34. The number of aryl methyl sites for hydroxylation is 1. The van der Waals surface area contributed by atoms with E-state index in [1.807, 2.05) is 48.1 Å². The Kier molecular flexibility index (Phi) is 8.52. The van der Waals surface area contributed by atoms with Gasteiger partial charge in [0.15, 0.2) is 0 Å². The minimum atomic E-state index is -0.382. The van der Waals surface area contributed by atoms with E-state index in [4.69, 9.17) is 19.3 Å². The van der Waals surface area contributed by atoms with Crippen LogP contribution >= 0.6 is 0 Å². The van der Waals surface area contributed by atoms with E-state index in [9.17, 15) is 9.59 Å². The van der Waals surface area contributed by atoms with Gasteiger partial charge in [-0.1, -0.05) is 6.42 Å². The molecule has 5 rings (SSSR count). The van der Waals surface area contributed by atoms with Gasteiger partial charge in [0, 0.05) is 57.3 Å². The Hall–Kier alpha value is -3.37. The molecule has 2 amide bonds. The van der Waals surface area contributed by atoms with Crippen LogP contribution in [0.4, 0.5) is 0 Å². The van der Waals surface area contributed by atoms with Crippen molar-refractivity contribution in [1.29, 1.82) is 0 Å². The van der Waals surface area contributed by atoms with Gasteiger partial charge in [0.05, 0.1) is 44.9 Å². The highest BCUT2D eigenvalue weighted by Gasteiger charge is 2.38. The molecule has 0 radical (unpaired) electrons. The molecule has 2 aliphatic heterocycles. The highest BCUT2D eigenvalue weighted by molar-refractivity contribution is 6.02. The van der Waals surface area contributed by atoms with Crippen molar-refractivity contribution in [2.75, 3.05) is 60.2 Å². The van der Waals surface area contributed by atoms with E-state index in [2.05, 4.69) is 4.90 Å². The maximum atomic E-state index is 14.0. The number of carbonyl (C=O) groups excluding carboxylic acids is 2. The second-order valence-electron chi connectivity index (χ2n) is 10.5. The fourth-order valence-electron chi connectivity index (χ4n) is 5.50. The zero-order valence-corrected chi connectivity index (χ0v) is 23.2. The summed E-state index contributed by atoms with van der Waals surface area (Å²) in [6.45, 7) is 4.30. The summed E-state index contributed by atoms with van der Waals surface area (Å²) in [4.78, 5) is 31.4. The third-order valence-electron chi connectivity index (χ3n) is 8.08. The fraction of sp³-hybridized carbons (Fsp3) is 0.552. The maximum absolute atomic E-state index is 14.0. The van der Waals surface area contributed by atoms with E-state index in [0.717, 1.165) is 55.9 Å². The van der Waals surface area contributed by atoms with Crippen LogP contribution in [0.15, 0.2) is 41.6 Å².